The molecule has 182 valence electrons. The maximum Gasteiger partial charge on any atom is 0.414 e. The zero-order chi connectivity index (χ0) is 24.3. The fraction of sp³-hybridized carbons (Fsp3) is 0.462. The predicted molar refractivity (Wildman–Crippen MR) is 127 cm³/mol. The zero-order valence-corrected chi connectivity index (χ0v) is 19.4. The number of carboxylic acid groups (broad SMARTS) is 2. The van der Waals surface area contributed by atoms with Crippen LogP contribution in [0, 0.1) is 11.8 Å². The molecule has 2 N–H and O–H groups in total. The van der Waals surface area contributed by atoms with E-state index < -0.39 is 11.9 Å². The molecule has 3 heterocycles. The van der Waals surface area contributed by atoms with E-state index in [9.17, 15) is 4.79 Å². The van der Waals surface area contributed by atoms with Crippen molar-refractivity contribution in [3.63, 3.8) is 0 Å². The van der Waals surface area contributed by atoms with Crippen molar-refractivity contribution in [2.75, 3.05) is 26.2 Å². The van der Waals surface area contributed by atoms with Crippen molar-refractivity contribution in [3.8, 4) is 0 Å². The summed E-state index contributed by atoms with van der Waals surface area (Å²) in [6.45, 7) is 4.64. The van der Waals surface area contributed by atoms with Crippen LogP contribution in [0.1, 0.15) is 36.9 Å². The van der Waals surface area contributed by atoms with Crippen molar-refractivity contribution >= 4 is 17.8 Å². The Morgan fingerprint density at radius 3 is 2.18 bits per heavy atom. The maximum atomic E-state index is 13.1. The van der Waals surface area contributed by atoms with Gasteiger partial charge in [0, 0.05) is 32.4 Å². The van der Waals surface area contributed by atoms with Gasteiger partial charge < -0.3 is 15.1 Å². The van der Waals surface area contributed by atoms with E-state index in [-0.39, 0.29) is 5.92 Å². The molecule has 2 aromatic rings. The fourth-order valence-electron chi connectivity index (χ4n) is 4.68. The van der Waals surface area contributed by atoms with Crippen LogP contribution < -0.4 is 0 Å². The van der Waals surface area contributed by atoms with E-state index in [1.807, 2.05) is 18.3 Å². The number of amides is 1. The number of nitrogens with zero attached hydrogens (tertiary/aromatic N) is 3. The average Bonchev–Trinajstić information content (AvgIpc) is 2.86. The van der Waals surface area contributed by atoms with Crippen molar-refractivity contribution in [1.29, 1.82) is 0 Å². The highest BCUT2D eigenvalue weighted by atomic mass is 16.4. The van der Waals surface area contributed by atoms with Gasteiger partial charge in [-0.3, -0.25) is 14.7 Å². The smallest absolute Gasteiger partial charge is 0.414 e. The summed E-state index contributed by atoms with van der Waals surface area (Å²) < 4.78 is 0. The van der Waals surface area contributed by atoms with Gasteiger partial charge in [-0.1, -0.05) is 36.4 Å². The highest BCUT2D eigenvalue weighted by Crippen LogP contribution is 2.25. The lowest BCUT2D eigenvalue weighted by Crippen LogP contribution is -2.47. The first kappa shape index (κ1) is 25.4. The monoisotopic (exact) mass is 467 g/mol. The molecule has 1 aromatic heterocycles. The minimum Gasteiger partial charge on any atom is -0.473 e. The van der Waals surface area contributed by atoms with Crippen LogP contribution >= 0.6 is 0 Å². The Bertz CT molecular complexity index is 918. The van der Waals surface area contributed by atoms with Gasteiger partial charge in [0.15, 0.2) is 0 Å². The molecule has 1 amide bonds. The van der Waals surface area contributed by atoms with E-state index in [4.69, 9.17) is 19.8 Å². The summed E-state index contributed by atoms with van der Waals surface area (Å²) in [5.41, 5.74) is 2.52. The molecule has 1 unspecified atom stereocenters. The van der Waals surface area contributed by atoms with E-state index in [0.717, 1.165) is 70.5 Å². The Kier molecular flexibility index (Phi) is 9.58. The number of carbonyl (C=O) groups is 3. The van der Waals surface area contributed by atoms with Gasteiger partial charge in [-0.25, -0.2) is 9.59 Å². The van der Waals surface area contributed by atoms with E-state index in [2.05, 4.69) is 51.2 Å². The first-order valence-electron chi connectivity index (χ1n) is 11.8. The zero-order valence-electron chi connectivity index (χ0n) is 19.4. The van der Waals surface area contributed by atoms with Crippen LogP contribution in [0.2, 0.25) is 0 Å². The molecule has 0 aliphatic carbocycles. The largest absolute Gasteiger partial charge is 0.473 e. The number of hydrogen-bond donors (Lipinski definition) is 2. The summed E-state index contributed by atoms with van der Waals surface area (Å²) in [4.78, 5) is 40.3. The lowest BCUT2D eigenvalue weighted by atomic mass is 9.89. The number of carbonyl (C=O) groups excluding carboxylic acids is 1. The molecular formula is C26H33N3O5. The molecule has 8 nitrogen and oxygen atoms in total. The van der Waals surface area contributed by atoms with Gasteiger partial charge in [-0.15, -0.1) is 0 Å². The number of aliphatic carboxylic acids is 2. The van der Waals surface area contributed by atoms with Gasteiger partial charge in [0.05, 0.1) is 11.6 Å². The van der Waals surface area contributed by atoms with Gasteiger partial charge in [0.2, 0.25) is 5.91 Å². The molecule has 4 rings (SSSR count). The van der Waals surface area contributed by atoms with Crippen LogP contribution in [-0.2, 0) is 27.3 Å². The van der Waals surface area contributed by atoms with Crippen molar-refractivity contribution in [2.45, 2.75) is 38.6 Å². The topological polar surface area (TPSA) is 111 Å². The van der Waals surface area contributed by atoms with E-state index in [1.54, 1.807) is 0 Å². The Morgan fingerprint density at radius 2 is 1.56 bits per heavy atom. The van der Waals surface area contributed by atoms with Gasteiger partial charge in [-0.05, 0) is 62.3 Å². The Labute approximate surface area is 200 Å². The molecule has 2 aliphatic heterocycles. The van der Waals surface area contributed by atoms with E-state index in [1.165, 1.54) is 5.56 Å². The number of benzene rings is 1. The van der Waals surface area contributed by atoms with Gasteiger partial charge in [0.25, 0.3) is 0 Å². The summed E-state index contributed by atoms with van der Waals surface area (Å²) in [5, 5.41) is 14.8. The molecular weight excluding hydrogens is 434 g/mol. The Balaban J connectivity index is 0.000000481. The number of aromatic nitrogens is 1. The molecule has 0 spiro atoms. The van der Waals surface area contributed by atoms with Crippen molar-refractivity contribution in [3.05, 3.63) is 66.0 Å². The number of hydrogen-bond acceptors (Lipinski definition) is 5. The highest BCUT2D eigenvalue weighted by molar-refractivity contribution is 6.27. The standard InChI is InChI=1S/C24H31N3O.C2H2O4/c28-24(22-9-6-14-26(18-22)19-23-10-4-5-13-25-23)27-15-11-21(12-16-27)17-20-7-2-1-3-8-20;3-1(4)2(5)6/h1-5,7-8,10,13,21-22H,6,9,11-12,14-19H2;(H,3,4)(H,5,6). The molecule has 2 aliphatic rings. The van der Waals surface area contributed by atoms with Gasteiger partial charge in [0.1, 0.15) is 0 Å². The van der Waals surface area contributed by atoms with Crippen LogP contribution in [0.15, 0.2) is 54.7 Å². The second-order valence-electron chi connectivity index (χ2n) is 8.96. The number of carboxylic acids is 2. The van der Waals surface area contributed by atoms with Gasteiger partial charge in [-0.2, -0.15) is 0 Å². The summed E-state index contributed by atoms with van der Waals surface area (Å²) in [5.74, 6) is -2.41. The number of pyridine rings is 1. The fourth-order valence-corrected chi connectivity index (χ4v) is 4.68. The third-order valence-corrected chi connectivity index (χ3v) is 6.44. The Hall–Kier alpha value is -3.26. The summed E-state index contributed by atoms with van der Waals surface area (Å²) in [7, 11) is 0. The summed E-state index contributed by atoms with van der Waals surface area (Å²) in [6, 6.07) is 16.8. The van der Waals surface area contributed by atoms with Crippen molar-refractivity contribution in [2.24, 2.45) is 11.8 Å². The molecule has 34 heavy (non-hydrogen) atoms. The third-order valence-electron chi connectivity index (χ3n) is 6.44. The van der Waals surface area contributed by atoms with Crippen LogP contribution in [0.4, 0.5) is 0 Å². The molecule has 0 saturated carbocycles. The summed E-state index contributed by atoms with van der Waals surface area (Å²) in [6.07, 6.45) is 7.39. The number of piperidine rings is 2. The average molecular weight is 468 g/mol. The van der Waals surface area contributed by atoms with Gasteiger partial charge >= 0.3 is 11.9 Å². The SMILES string of the molecule is O=C(C1CCCN(Cc2ccccn2)C1)N1CCC(Cc2ccccc2)CC1.O=C(O)C(=O)O. The molecule has 1 aromatic carbocycles. The van der Waals surface area contributed by atoms with E-state index >= 15 is 0 Å². The minimum atomic E-state index is -1.82. The second kappa shape index (κ2) is 12.8. The molecule has 2 fully saturated rings. The normalized spacial score (nSPS) is 19.1. The molecule has 1 atom stereocenters. The molecule has 2 saturated heterocycles. The summed E-state index contributed by atoms with van der Waals surface area (Å²) >= 11 is 0. The minimum absolute atomic E-state index is 0.156. The number of rotatable bonds is 5. The molecule has 0 radical (unpaired) electrons. The molecule has 8 heteroatoms. The van der Waals surface area contributed by atoms with Crippen molar-refractivity contribution in [1.82, 2.24) is 14.8 Å². The lowest BCUT2D eigenvalue weighted by molar-refractivity contribution is -0.159. The Morgan fingerprint density at radius 1 is 0.882 bits per heavy atom. The lowest BCUT2D eigenvalue weighted by Gasteiger charge is -2.38. The second-order valence-corrected chi connectivity index (χ2v) is 8.96. The van der Waals surface area contributed by atoms with Crippen LogP contribution in [-0.4, -0.2) is 69.0 Å². The van der Waals surface area contributed by atoms with Crippen molar-refractivity contribution < 1.29 is 24.6 Å². The molecule has 0 bridgehead atoms. The van der Waals surface area contributed by atoms with Crippen LogP contribution in [0.3, 0.4) is 0 Å². The highest BCUT2D eigenvalue weighted by Gasteiger charge is 2.31. The van der Waals surface area contributed by atoms with E-state index in [0.29, 0.717) is 11.8 Å². The first-order chi connectivity index (χ1) is 16.4. The third kappa shape index (κ3) is 7.95. The van der Waals surface area contributed by atoms with Crippen LogP contribution in [0.25, 0.3) is 0 Å². The predicted octanol–water partition coefficient (Wildman–Crippen LogP) is 2.93. The number of likely N-dealkylation sites (tertiary alicyclic amines) is 2. The quantitative estimate of drug-likeness (QED) is 0.651. The van der Waals surface area contributed by atoms with Crippen LogP contribution in [0.5, 0.6) is 0 Å². The maximum absolute atomic E-state index is 13.1. The first-order valence-corrected chi connectivity index (χ1v) is 11.8.